The van der Waals surface area contributed by atoms with Crippen LogP contribution in [0.1, 0.15) is 41.3 Å². The van der Waals surface area contributed by atoms with Crippen molar-refractivity contribution in [3.05, 3.63) is 65.4 Å². The Morgan fingerprint density at radius 1 is 1.24 bits per heavy atom. The summed E-state index contributed by atoms with van der Waals surface area (Å²) in [6.07, 6.45) is 4.21. The van der Waals surface area contributed by atoms with Gasteiger partial charge >= 0.3 is 0 Å². The van der Waals surface area contributed by atoms with Crippen LogP contribution in [0.25, 0.3) is 22.3 Å². The second-order valence-electron chi connectivity index (χ2n) is 8.74. The van der Waals surface area contributed by atoms with Crippen molar-refractivity contribution in [3.8, 4) is 11.4 Å². The van der Waals surface area contributed by atoms with Crippen LogP contribution in [-0.2, 0) is 11.3 Å². The smallest absolute Gasteiger partial charge is 0.192 e. The molecule has 4 aromatic rings. The van der Waals surface area contributed by atoms with Crippen molar-refractivity contribution < 1.29 is 9.53 Å². The van der Waals surface area contributed by atoms with Crippen molar-refractivity contribution in [1.29, 1.82) is 0 Å². The topological polar surface area (TPSA) is 72.8 Å². The Morgan fingerprint density at radius 2 is 2.09 bits per heavy atom. The first-order valence-electron chi connectivity index (χ1n) is 11.4. The number of carbonyl (C=O) groups excluding carboxylic acids is 1. The Balaban J connectivity index is 1.49. The molecule has 170 valence electrons. The standard InChI is InChI=1S/C26H28N4O2S/c1-16-10-11-17(2)21(13-16)24(31)18(3)33-26-29-28-25(30(26)15-19-7-6-12-32-19)22-14-27-23-9-5-4-8-20(22)23/h4-5,8-11,13-14,18-19,27H,6-7,12,15H2,1-3H3. The van der Waals surface area contributed by atoms with Gasteiger partial charge in [-0.1, -0.05) is 47.7 Å². The molecule has 1 aliphatic rings. The van der Waals surface area contributed by atoms with Crippen molar-refractivity contribution in [2.45, 2.75) is 56.7 Å². The van der Waals surface area contributed by atoms with Gasteiger partial charge in [-0.15, -0.1) is 10.2 Å². The van der Waals surface area contributed by atoms with E-state index in [1.807, 2.05) is 57.3 Å². The van der Waals surface area contributed by atoms with Gasteiger partial charge in [-0.3, -0.25) is 9.36 Å². The fourth-order valence-electron chi connectivity index (χ4n) is 4.42. The van der Waals surface area contributed by atoms with Crippen LogP contribution < -0.4 is 0 Å². The summed E-state index contributed by atoms with van der Waals surface area (Å²) < 4.78 is 8.06. The van der Waals surface area contributed by atoms with Crippen LogP contribution in [0.4, 0.5) is 0 Å². The minimum atomic E-state index is -0.284. The molecule has 0 aliphatic carbocycles. The normalized spacial score (nSPS) is 17.0. The van der Waals surface area contributed by atoms with E-state index >= 15 is 0 Å². The summed E-state index contributed by atoms with van der Waals surface area (Å²) in [4.78, 5) is 16.6. The maximum absolute atomic E-state index is 13.3. The number of ether oxygens (including phenoxy) is 1. The van der Waals surface area contributed by atoms with Crippen molar-refractivity contribution in [2.24, 2.45) is 0 Å². The number of nitrogens with one attached hydrogen (secondary N) is 1. The molecular weight excluding hydrogens is 432 g/mol. The van der Waals surface area contributed by atoms with Gasteiger partial charge in [0.05, 0.1) is 17.9 Å². The number of fused-ring (bicyclic) bond motifs is 1. The van der Waals surface area contributed by atoms with E-state index < -0.39 is 0 Å². The number of hydrogen-bond donors (Lipinski definition) is 1. The zero-order valence-electron chi connectivity index (χ0n) is 19.2. The van der Waals surface area contributed by atoms with Crippen molar-refractivity contribution >= 4 is 28.4 Å². The van der Waals surface area contributed by atoms with Crippen molar-refractivity contribution in [2.75, 3.05) is 6.61 Å². The van der Waals surface area contributed by atoms with Crippen LogP contribution in [-0.4, -0.2) is 43.5 Å². The largest absolute Gasteiger partial charge is 0.376 e. The summed E-state index contributed by atoms with van der Waals surface area (Å²) in [5, 5.41) is 10.7. The summed E-state index contributed by atoms with van der Waals surface area (Å²) in [5.74, 6) is 0.915. The Kier molecular flexibility index (Phi) is 6.08. The number of ketones is 1. The third-order valence-electron chi connectivity index (χ3n) is 6.27. The molecule has 7 heteroatoms. The van der Waals surface area contributed by atoms with Crippen LogP contribution in [0.15, 0.2) is 53.8 Å². The fraction of sp³-hybridized carbons (Fsp3) is 0.346. The number of hydrogen-bond acceptors (Lipinski definition) is 5. The van der Waals surface area contributed by atoms with E-state index in [1.165, 1.54) is 11.8 Å². The minimum Gasteiger partial charge on any atom is -0.376 e. The van der Waals surface area contributed by atoms with Gasteiger partial charge in [0.2, 0.25) is 0 Å². The maximum atomic E-state index is 13.3. The number of thioether (sulfide) groups is 1. The fourth-order valence-corrected chi connectivity index (χ4v) is 5.35. The van der Waals surface area contributed by atoms with Gasteiger partial charge in [-0.2, -0.15) is 0 Å². The molecule has 1 fully saturated rings. The summed E-state index contributed by atoms with van der Waals surface area (Å²) >= 11 is 1.47. The summed E-state index contributed by atoms with van der Waals surface area (Å²) in [7, 11) is 0. The van der Waals surface area contributed by atoms with Crippen LogP contribution >= 0.6 is 11.8 Å². The molecule has 2 unspecified atom stereocenters. The molecule has 0 radical (unpaired) electrons. The molecule has 2 aromatic carbocycles. The molecule has 5 rings (SSSR count). The molecule has 0 saturated carbocycles. The van der Waals surface area contributed by atoms with Crippen LogP contribution in [0.3, 0.4) is 0 Å². The van der Waals surface area contributed by atoms with Gasteiger partial charge in [0.15, 0.2) is 16.8 Å². The quantitative estimate of drug-likeness (QED) is 0.288. The number of Topliss-reactive ketones (excluding diaryl/α,β-unsaturated/α-hetero) is 1. The first kappa shape index (κ1) is 21.9. The van der Waals surface area contributed by atoms with Crippen molar-refractivity contribution in [1.82, 2.24) is 19.7 Å². The average Bonchev–Trinajstić information content (AvgIpc) is 3.56. The molecule has 0 spiro atoms. The van der Waals surface area contributed by atoms with Gasteiger partial charge in [-0.05, 0) is 51.3 Å². The van der Waals surface area contributed by atoms with Crippen LogP contribution in [0.5, 0.6) is 0 Å². The molecular formula is C26H28N4O2S. The monoisotopic (exact) mass is 460 g/mol. The highest BCUT2D eigenvalue weighted by molar-refractivity contribution is 8.00. The second-order valence-corrected chi connectivity index (χ2v) is 10.1. The van der Waals surface area contributed by atoms with Gasteiger partial charge in [0.1, 0.15) is 0 Å². The summed E-state index contributed by atoms with van der Waals surface area (Å²) in [5.41, 5.74) is 4.93. The number of aromatic amines is 1. The van der Waals surface area contributed by atoms with E-state index in [0.29, 0.717) is 6.54 Å². The lowest BCUT2D eigenvalue weighted by Crippen LogP contribution is -2.19. The molecule has 0 amide bonds. The highest BCUT2D eigenvalue weighted by Gasteiger charge is 2.26. The lowest BCUT2D eigenvalue weighted by atomic mass is 10.0. The molecule has 2 aromatic heterocycles. The van der Waals surface area contributed by atoms with E-state index in [2.05, 4.69) is 31.9 Å². The number of benzene rings is 2. The second kappa shape index (κ2) is 9.15. The number of aryl methyl sites for hydroxylation is 2. The number of H-pyrrole nitrogens is 1. The number of nitrogens with zero attached hydrogens (tertiary/aromatic N) is 3. The first-order chi connectivity index (χ1) is 16.0. The third kappa shape index (κ3) is 4.35. The average molecular weight is 461 g/mol. The maximum Gasteiger partial charge on any atom is 0.192 e. The lowest BCUT2D eigenvalue weighted by molar-refractivity contribution is 0.0953. The summed E-state index contributed by atoms with van der Waals surface area (Å²) in [6, 6.07) is 14.2. The molecule has 1 N–H and O–H groups in total. The van der Waals surface area contributed by atoms with Gasteiger partial charge in [-0.25, -0.2) is 0 Å². The molecule has 1 aliphatic heterocycles. The summed E-state index contributed by atoms with van der Waals surface area (Å²) in [6.45, 7) is 7.41. The predicted molar refractivity (Wildman–Crippen MR) is 132 cm³/mol. The molecule has 0 bridgehead atoms. The SMILES string of the molecule is Cc1ccc(C)c(C(=O)C(C)Sc2nnc(-c3c[nH]c4ccccc34)n2CC2CCCO2)c1. The van der Waals surface area contributed by atoms with E-state index in [1.54, 1.807) is 0 Å². The Morgan fingerprint density at radius 3 is 2.91 bits per heavy atom. The first-order valence-corrected chi connectivity index (χ1v) is 12.3. The van der Waals surface area contributed by atoms with E-state index in [0.717, 1.165) is 63.6 Å². The minimum absolute atomic E-state index is 0.113. The highest BCUT2D eigenvalue weighted by Crippen LogP contribution is 2.33. The van der Waals surface area contributed by atoms with E-state index in [9.17, 15) is 4.79 Å². The van der Waals surface area contributed by atoms with Crippen LogP contribution in [0, 0.1) is 13.8 Å². The predicted octanol–water partition coefficient (Wildman–Crippen LogP) is 5.59. The van der Waals surface area contributed by atoms with Crippen LogP contribution in [0.2, 0.25) is 0 Å². The van der Waals surface area contributed by atoms with Crippen molar-refractivity contribution in [3.63, 3.8) is 0 Å². The Hall–Kier alpha value is -2.90. The van der Waals surface area contributed by atoms with Gasteiger partial charge in [0.25, 0.3) is 0 Å². The van der Waals surface area contributed by atoms with Gasteiger partial charge in [0, 0.05) is 34.8 Å². The lowest BCUT2D eigenvalue weighted by Gasteiger charge is -2.16. The molecule has 1 saturated heterocycles. The number of rotatable bonds is 7. The number of aromatic nitrogens is 4. The zero-order valence-corrected chi connectivity index (χ0v) is 20.0. The Bertz CT molecular complexity index is 1300. The zero-order chi connectivity index (χ0) is 22.9. The Labute approximate surface area is 197 Å². The number of para-hydroxylation sites is 1. The molecule has 2 atom stereocenters. The molecule has 3 heterocycles. The van der Waals surface area contributed by atoms with Gasteiger partial charge < -0.3 is 9.72 Å². The number of carbonyl (C=O) groups is 1. The third-order valence-corrected chi connectivity index (χ3v) is 7.35. The van der Waals surface area contributed by atoms with E-state index in [4.69, 9.17) is 4.74 Å². The molecule has 33 heavy (non-hydrogen) atoms. The van der Waals surface area contributed by atoms with E-state index in [-0.39, 0.29) is 17.1 Å². The highest BCUT2D eigenvalue weighted by atomic mass is 32.2. The molecule has 6 nitrogen and oxygen atoms in total.